The van der Waals surface area contributed by atoms with Crippen LogP contribution in [0.25, 0.3) is 0 Å². The zero-order valence-electron chi connectivity index (χ0n) is 9.16. The van der Waals surface area contributed by atoms with E-state index in [1.807, 2.05) is 0 Å². The second-order valence-corrected chi connectivity index (χ2v) is 4.89. The number of aromatic nitrogens is 1. The predicted molar refractivity (Wildman–Crippen MR) is 54.9 cm³/mol. The summed E-state index contributed by atoms with van der Waals surface area (Å²) in [6, 6.07) is 0.380. The highest BCUT2D eigenvalue weighted by molar-refractivity contribution is 4.98. The number of rotatable bonds is 1. The van der Waals surface area contributed by atoms with E-state index in [9.17, 15) is 0 Å². The molecule has 0 aliphatic carbocycles. The molecule has 78 valence electrons. The summed E-state index contributed by atoms with van der Waals surface area (Å²) < 4.78 is 5.39. The Bertz CT molecular complexity index is 287. The van der Waals surface area contributed by atoms with Crippen molar-refractivity contribution in [2.45, 2.75) is 45.2 Å². The molecular formula is C11H18N2O. The molecule has 2 rings (SSSR count). The van der Waals surface area contributed by atoms with Gasteiger partial charge in [-0.3, -0.25) is 4.90 Å². The molecule has 0 spiro atoms. The van der Waals surface area contributed by atoms with Gasteiger partial charge in [0.15, 0.2) is 0 Å². The lowest BCUT2D eigenvalue weighted by molar-refractivity contribution is 0.106. The van der Waals surface area contributed by atoms with Gasteiger partial charge in [0.05, 0.1) is 12.2 Å². The van der Waals surface area contributed by atoms with E-state index in [-0.39, 0.29) is 5.54 Å². The van der Waals surface area contributed by atoms with E-state index in [1.165, 1.54) is 6.42 Å². The summed E-state index contributed by atoms with van der Waals surface area (Å²) in [6.45, 7) is 7.88. The van der Waals surface area contributed by atoms with Crippen LogP contribution in [0.15, 0.2) is 16.9 Å². The molecule has 1 aliphatic heterocycles. The fourth-order valence-corrected chi connectivity index (χ4v) is 2.23. The van der Waals surface area contributed by atoms with E-state index in [4.69, 9.17) is 4.42 Å². The van der Waals surface area contributed by atoms with Gasteiger partial charge < -0.3 is 4.42 Å². The fraction of sp³-hybridized carbons (Fsp3) is 0.727. The molecule has 1 aliphatic rings. The van der Waals surface area contributed by atoms with E-state index in [1.54, 1.807) is 12.5 Å². The summed E-state index contributed by atoms with van der Waals surface area (Å²) in [5.74, 6) is 0.873. The van der Waals surface area contributed by atoms with Crippen molar-refractivity contribution in [1.29, 1.82) is 0 Å². The zero-order chi connectivity index (χ0) is 10.2. The Morgan fingerprint density at radius 3 is 2.86 bits per heavy atom. The summed E-state index contributed by atoms with van der Waals surface area (Å²) in [5, 5.41) is 0. The van der Waals surface area contributed by atoms with Crippen LogP contribution >= 0.6 is 0 Å². The fourth-order valence-electron chi connectivity index (χ4n) is 2.23. The Morgan fingerprint density at radius 2 is 2.29 bits per heavy atom. The number of likely N-dealkylation sites (tertiary alicyclic amines) is 1. The summed E-state index contributed by atoms with van der Waals surface area (Å²) in [5.41, 5.74) is 0.204. The highest BCUT2D eigenvalue weighted by Gasteiger charge is 2.35. The van der Waals surface area contributed by atoms with Crippen molar-refractivity contribution in [2.75, 3.05) is 6.54 Å². The molecule has 0 amide bonds. The van der Waals surface area contributed by atoms with Crippen molar-refractivity contribution < 1.29 is 4.42 Å². The summed E-state index contributed by atoms with van der Waals surface area (Å²) >= 11 is 0. The minimum absolute atomic E-state index is 0.204. The average Bonchev–Trinajstić information content (AvgIpc) is 2.73. The van der Waals surface area contributed by atoms with Gasteiger partial charge in [-0.25, -0.2) is 4.98 Å². The second kappa shape index (κ2) is 3.39. The van der Waals surface area contributed by atoms with Gasteiger partial charge in [0, 0.05) is 5.54 Å². The normalized spacial score (nSPS) is 24.4. The van der Waals surface area contributed by atoms with Crippen LogP contribution in [0.1, 0.15) is 45.5 Å². The van der Waals surface area contributed by atoms with Crippen molar-refractivity contribution in [1.82, 2.24) is 9.88 Å². The standard InChI is InChI=1S/C11H18N2O/c1-11(2,3)13-7-4-5-9(13)10-12-6-8-14-10/h6,8-9H,4-5,7H2,1-3H3/t9-/m0/s1. The van der Waals surface area contributed by atoms with Crippen molar-refractivity contribution in [3.63, 3.8) is 0 Å². The highest BCUT2D eigenvalue weighted by Crippen LogP contribution is 2.36. The Hall–Kier alpha value is -0.830. The largest absolute Gasteiger partial charge is 0.447 e. The maximum absolute atomic E-state index is 5.39. The van der Waals surface area contributed by atoms with Crippen molar-refractivity contribution >= 4 is 0 Å². The first-order valence-corrected chi connectivity index (χ1v) is 5.25. The molecule has 1 aromatic rings. The summed E-state index contributed by atoms with van der Waals surface area (Å²) in [6.07, 6.45) is 5.80. The van der Waals surface area contributed by atoms with Gasteiger partial charge >= 0.3 is 0 Å². The van der Waals surface area contributed by atoms with Gasteiger partial charge in [0.1, 0.15) is 6.26 Å². The second-order valence-electron chi connectivity index (χ2n) is 4.89. The Labute approximate surface area is 85.1 Å². The molecule has 0 aromatic carbocycles. The maximum atomic E-state index is 5.39. The Kier molecular flexibility index (Phi) is 2.35. The smallest absolute Gasteiger partial charge is 0.211 e. The monoisotopic (exact) mass is 194 g/mol. The number of hydrogen-bond acceptors (Lipinski definition) is 3. The maximum Gasteiger partial charge on any atom is 0.211 e. The number of oxazole rings is 1. The van der Waals surface area contributed by atoms with Gasteiger partial charge in [-0.05, 0) is 40.2 Å². The molecule has 1 aromatic heterocycles. The van der Waals surface area contributed by atoms with E-state index in [0.717, 1.165) is 18.9 Å². The third-order valence-corrected chi connectivity index (χ3v) is 2.85. The predicted octanol–water partition coefficient (Wildman–Crippen LogP) is 2.61. The van der Waals surface area contributed by atoms with Crippen LogP contribution in [0.5, 0.6) is 0 Å². The minimum Gasteiger partial charge on any atom is -0.447 e. The molecule has 1 atom stereocenters. The van der Waals surface area contributed by atoms with Crippen molar-refractivity contribution in [2.24, 2.45) is 0 Å². The van der Waals surface area contributed by atoms with Crippen LogP contribution in [0, 0.1) is 0 Å². The molecule has 3 heteroatoms. The highest BCUT2D eigenvalue weighted by atomic mass is 16.3. The minimum atomic E-state index is 0.204. The third-order valence-electron chi connectivity index (χ3n) is 2.85. The third kappa shape index (κ3) is 1.69. The van der Waals surface area contributed by atoms with Gasteiger partial charge in [-0.15, -0.1) is 0 Å². The summed E-state index contributed by atoms with van der Waals surface area (Å²) in [7, 11) is 0. The quantitative estimate of drug-likeness (QED) is 0.688. The molecule has 1 saturated heterocycles. The van der Waals surface area contributed by atoms with E-state index in [0.29, 0.717) is 6.04 Å². The van der Waals surface area contributed by atoms with Crippen molar-refractivity contribution in [3.8, 4) is 0 Å². The van der Waals surface area contributed by atoms with E-state index < -0.39 is 0 Å². The SMILES string of the molecule is CC(C)(C)N1CCC[C@H]1c1ncco1. The average molecular weight is 194 g/mol. The first-order chi connectivity index (χ1) is 6.59. The lowest BCUT2D eigenvalue weighted by Crippen LogP contribution is -2.40. The zero-order valence-corrected chi connectivity index (χ0v) is 9.16. The van der Waals surface area contributed by atoms with Crippen LogP contribution < -0.4 is 0 Å². The lowest BCUT2D eigenvalue weighted by atomic mass is 10.0. The van der Waals surface area contributed by atoms with Gasteiger partial charge in [0.2, 0.25) is 5.89 Å². The lowest BCUT2D eigenvalue weighted by Gasteiger charge is -2.35. The Balaban J connectivity index is 2.20. The molecular weight excluding hydrogens is 176 g/mol. The van der Waals surface area contributed by atoms with E-state index >= 15 is 0 Å². The van der Waals surface area contributed by atoms with Gasteiger partial charge in [-0.1, -0.05) is 0 Å². The molecule has 0 bridgehead atoms. The van der Waals surface area contributed by atoms with Crippen LogP contribution in [0.2, 0.25) is 0 Å². The first-order valence-electron chi connectivity index (χ1n) is 5.25. The topological polar surface area (TPSA) is 29.3 Å². The van der Waals surface area contributed by atoms with Crippen LogP contribution in [0.3, 0.4) is 0 Å². The number of hydrogen-bond donors (Lipinski definition) is 0. The molecule has 2 heterocycles. The van der Waals surface area contributed by atoms with Crippen LogP contribution in [0.4, 0.5) is 0 Å². The molecule has 0 unspecified atom stereocenters. The molecule has 14 heavy (non-hydrogen) atoms. The van der Waals surface area contributed by atoms with Gasteiger partial charge in [0.25, 0.3) is 0 Å². The van der Waals surface area contributed by atoms with E-state index in [2.05, 4.69) is 30.7 Å². The van der Waals surface area contributed by atoms with Crippen molar-refractivity contribution in [3.05, 3.63) is 18.4 Å². The Morgan fingerprint density at radius 1 is 1.50 bits per heavy atom. The molecule has 0 radical (unpaired) electrons. The molecule has 3 nitrogen and oxygen atoms in total. The van der Waals surface area contributed by atoms with Crippen LogP contribution in [-0.4, -0.2) is 22.0 Å². The van der Waals surface area contributed by atoms with Crippen LogP contribution in [-0.2, 0) is 0 Å². The summed E-state index contributed by atoms with van der Waals surface area (Å²) in [4.78, 5) is 6.72. The number of nitrogens with zero attached hydrogens (tertiary/aromatic N) is 2. The molecule has 0 N–H and O–H groups in total. The molecule has 0 saturated carbocycles. The first kappa shape index (κ1) is 9.71. The van der Waals surface area contributed by atoms with Gasteiger partial charge in [-0.2, -0.15) is 0 Å². The molecule has 1 fully saturated rings.